The quantitative estimate of drug-likeness (QED) is 0.280. The van der Waals surface area contributed by atoms with Gasteiger partial charge in [-0.3, -0.25) is 5.32 Å². The number of benzene rings is 1. The van der Waals surface area contributed by atoms with E-state index in [1.54, 1.807) is 37.4 Å². The zero-order valence-corrected chi connectivity index (χ0v) is 20.7. The molecule has 33 heavy (non-hydrogen) atoms. The number of anilines is 4. The number of aromatic nitrogens is 3. The van der Waals surface area contributed by atoms with Gasteiger partial charge in [-0.25, -0.2) is 23.2 Å². The van der Waals surface area contributed by atoms with Crippen molar-refractivity contribution < 1.29 is 17.9 Å². The van der Waals surface area contributed by atoms with Crippen LogP contribution in [0.1, 0.15) is 44.1 Å². The van der Waals surface area contributed by atoms with E-state index in [0.717, 1.165) is 12.8 Å². The van der Waals surface area contributed by atoms with E-state index in [-0.39, 0.29) is 27.4 Å². The van der Waals surface area contributed by atoms with Crippen molar-refractivity contribution in [2.45, 2.75) is 43.8 Å². The van der Waals surface area contributed by atoms with Crippen molar-refractivity contribution in [2.24, 2.45) is 0 Å². The number of sulfone groups is 1. The van der Waals surface area contributed by atoms with Gasteiger partial charge in [0.15, 0.2) is 26.5 Å². The second kappa shape index (κ2) is 10.9. The number of hydrogen-bond acceptors (Lipinski definition) is 10. The summed E-state index contributed by atoms with van der Waals surface area (Å²) in [5.74, 6) is -0.0993. The molecule has 0 unspecified atom stereocenters. The van der Waals surface area contributed by atoms with Crippen molar-refractivity contribution in [3.05, 3.63) is 46.6 Å². The predicted molar refractivity (Wildman–Crippen MR) is 130 cm³/mol. The number of rotatable bonds is 10. The van der Waals surface area contributed by atoms with Crippen molar-refractivity contribution in [3.8, 4) is 0 Å². The average Bonchev–Trinajstić information content (AvgIpc) is 3.25. The minimum atomic E-state index is -3.53. The maximum Gasteiger partial charge on any atom is 0.357 e. The zero-order chi connectivity index (χ0) is 24.0. The number of carbonyl (C=O) groups is 1. The van der Waals surface area contributed by atoms with Crippen LogP contribution >= 0.6 is 22.9 Å². The maximum absolute atomic E-state index is 12.7. The molecule has 0 spiro atoms. The van der Waals surface area contributed by atoms with Gasteiger partial charge in [0.25, 0.3) is 0 Å². The highest BCUT2D eigenvalue weighted by atomic mass is 35.5. The molecule has 0 fully saturated rings. The van der Waals surface area contributed by atoms with Gasteiger partial charge in [0.05, 0.1) is 28.6 Å². The number of nitrogens with one attached hydrogen (secondary N) is 2. The molecule has 12 heteroatoms. The highest BCUT2D eigenvalue weighted by Crippen LogP contribution is 2.30. The van der Waals surface area contributed by atoms with Crippen LogP contribution in [0.15, 0.2) is 40.7 Å². The molecule has 0 atom stereocenters. The van der Waals surface area contributed by atoms with Crippen molar-refractivity contribution in [1.29, 1.82) is 0 Å². The fourth-order valence-electron chi connectivity index (χ4n) is 2.62. The molecule has 1 aromatic carbocycles. The molecule has 0 radical (unpaired) electrons. The van der Waals surface area contributed by atoms with E-state index in [9.17, 15) is 13.2 Å². The zero-order valence-electron chi connectivity index (χ0n) is 18.3. The van der Waals surface area contributed by atoms with Crippen LogP contribution in [0.2, 0.25) is 5.02 Å². The number of ether oxygens (including phenoxy) is 1. The fraction of sp³-hybridized carbons (Fsp3) is 0.333. The van der Waals surface area contributed by atoms with Gasteiger partial charge in [-0.2, -0.15) is 4.98 Å². The molecule has 0 aliphatic carbocycles. The number of thiazole rings is 1. The summed E-state index contributed by atoms with van der Waals surface area (Å²) in [6.07, 6.45) is 3.10. The van der Waals surface area contributed by atoms with Gasteiger partial charge in [-0.15, -0.1) is 11.3 Å². The highest BCUT2D eigenvalue weighted by molar-refractivity contribution is 7.92. The van der Waals surface area contributed by atoms with E-state index < -0.39 is 21.1 Å². The molecule has 0 aliphatic heterocycles. The third kappa shape index (κ3) is 6.18. The van der Waals surface area contributed by atoms with Crippen molar-refractivity contribution in [2.75, 3.05) is 17.2 Å². The minimum Gasteiger partial charge on any atom is -0.461 e. The Kier molecular flexibility index (Phi) is 8.22. The van der Waals surface area contributed by atoms with Gasteiger partial charge in [-0.05, 0) is 32.4 Å². The first-order valence-corrected chi connectivity index (χ1v) is 13.0. The second-order valence-corrected chi connectivity index (χ2v) is 11.0. The Bertz CT molecular complexity index is 1230. The van der Waals surface area contributed by atoms with Gasteiger partial charge in [0.2, 0.25) is 5.95 Å². The lowest BCUT2D eigenvalue weighted by atomic mass is 10.3. The number of carbonyl (C=O) groups excluding carboxylic acids is 1. The van der Waals surface area contributed by atoms with Gasteiger partial charge < -0.3 is 10.1 Å². The monoisotopic (exact) mass is 509 g/mol. The summed E-state index contributed by atoms with van der Waals surface area (Å²) in [5, 5.41) is 7.50. The summed E-state index contributed by atoms with van der Waals surface area (Å²) >= 11 is 7.44. The van der Waals surface area contributed by atoms with E-state index in [4.69, 9.17) is 16.3 Å². The van der Waals surface area contributed by atoms with E-state index in [1.807, 2.05) is 6.92 Å². The summed E-state index contributed by atoms with van der Waals surface area (Å²) in [4.78, 5) is 24.9. The number of esters is 1. The molecule has 2 aromatic heterocycles. The molecule has 2 heterocycles. The lowest BCUT2D eigenvalue weighted by Crippen LogP contribution is -2.15. The van der Waals surface area contributed by atoms with Crippen LogP contribution < -0.4 is 10.6 Å². The van der Waals surface area contributed by atoms with E-state index >= 15 is 0 Å². The number of hydrogen-bond donors (Lipinski definition) is 2. The van der Waals surface area contributed by atoms with Gasteiger partial charge >= 0.3 is 5.97 Å². The Hall–Kier alpha value is -2.76. The summed E-state index contributed by atoms with van der Waals surface area (Å²) in [7, 11) is -3.53. The topological polar surface area (TPSA) is 123 Å². The molecule has 0 saturated heterocycles. The predicted octanol–water partition coefficient (Wildman–Crippen LogP) is 5.21. The smallest absolute Gasteiger partial charge is 0.357 e. The van der Waals surface area contributed by atoms with E-state index in [1.165, 1.54) is 23.6 Å². The molecule has 9 nitrogen and oxygen atoms in total. The first kappa shape index (κ1) is 24.9. The van der Waals surface area contributed by atoms with Crippen LogP contribution in [-0.4, -0.2) is 41.2 Å². The third-order valence-corrected chi connectivity index (χ3v) is 7.72. The second-order valence-electron chi connectivity index (χ2n) is 7.26. The molecule has 0 amide bonds. The minimum absolute atomic E-state index is 0.148. The van der Waals surface area contributed by atoms with Gasteiger partial charge in [0, 0.05) is 5.38 Å². The lowest BCUT2D eigenvalue weighted by Gasteiger charge is -2.15. The van der Waals surface area contributed by atoms with Crippen molar-refractivity contribution >= 4 is 61.3 Å². The number of unbranched alkanes of at least 4 members (excludes halogenated alkanes) is 1. The number of halogens is 1. The summed E-state index contributed by atoms with van der Waals surface area (Å²) in [5.41, 5.74) is 0.544. The third-order valence-electron chi connectivity index (χ3n) is 4.47. The van der Waals surface area contributed by atoms with Crippen LogP contribution in [-0.2, 0) is 14.6 Å². The summed E-state index contributed by atoms with van der Waals surface area (Å²) in [6.45, 7) is 5.59. The van der Waals surface area contributed by atoms with Crippen LogP contribution in [0.25, 0.3) is 0 Å². The molecule has 0 saturated carbocycles. The maximum atomic E-state index is 12.7. The molecule has 0 aliphatic rings. The number of para-hydroxylation sites is 1. The van der Waals surface area contributed by atoms with Crippen molar-refractivity contribution in [3.63, 3.8) is 0 Å². The van der Waals surface area contributed by atoms with Crippen LogP contribution in [0.3, 0.4) is 0 Å². The molecule has 176 valence electrons. The standard InChI is InChI=1S/C21H24ClN5O4S2/c1-4-5-10-31-19(28)16-12-32-21(25-16)27-20-23-11-14(22)18(26-20)24-15-8-6-7-9-17(15)33(29,30)13(2)3/h6-9,11-13H,4-5,10H2,1-3H3,(H2,23,24,25,26,27). The molecule has 0 bridgehead atoms. The largest absolute Gasteiger partial charge is 0.461 e. The Balaban J connectivity index is 1.79. The number of nitrogens with zero attached hydrogens (tertiary/aromatic N) is 3. The SMILES string of the molecule is CCCCOC(=O)c1csc(Nc2ncc(Cl)c(Nc3ccccc3S(=O)(=O)C(C)C)n2)n1. The Morgan fingerprint density at radius 3 is 2.70 bits per heavy atom. The highest BCUT2D eigenvalue weighted by Gasteiger charge is 2.23. The summed E-state index contributed by atoms with van der Waals surface area (Å²) < 4.78 is 30.6. The first-order valence-electron chi connectivity index (χ1n) is 10.2. The van der Waals surface area contributed by atoms with Gasteiger partial charge in [0.1, 0.15) is 5.02 Å². The Labute approximate surface area is 201 Å². The molecule has 2 N–H and O–H groups in total. The van der Waals surface area contributed by atoms with Crippen LogP contribution in [0.5, 0.6) is 0 Å². The van der Waals surface area contributed by atoms with Crippen LogP contribution in [0, 0.1) is 0 Å². The van der Waals surface area contributed by atoms with Crippen LogP contribution in [0.4, 0.5) is 22.6 Å². The van der Waals surface area contributed by atoms with E-state index in [2.05, 4.69) is 25.6 Å². The molecule has 3 rings (SSSR count). The Morgan fingerprint density at radius 2 is 1.97 bits per heavy atom. The molecular weight excluding hydrogens is 486 g/mol. The normalized spacial score (nSPS) is 11.4. The Morgan fingerprint density at radius 1 is 1.21 bits per heavy atom. The first-order chi connectivity index (χ1) is 15.7. The molecular formula is C21H24ClN5O4S2. The van der Waals surface area contributed by atoms with Crippen molar-refractivity contribution in [1.82, 2.24) is 15.0 Å². The average molecular weight is 510 g/mol. The van der Waals surface area contributed by atoms with Gasteiger partial charge in [-0.1, -0.05) is 37.1 Å². The fourth-order valence-corrected chi connectivity index (χ4v) is 4.63. The molecule has 3 aromatic rings. The summed E-state index contributed by atoms with van der Waals surface area (Å²) in [6, 6.07) is 6.54. The van der Waals surface area contributed by atoms with E-state index in [0.29, 0.717) is 17.4 Å². The lowest BCUT2D eigenvalue weighted by molar-refractivity contribution is 0.0494.